The van der Waals surface area contributed by atoms with Gasteiger partial charge in [0.1, 0.15) is 0 Å². The van der Waals surface area contributed by atoms with Crippen LogP contribution >= 0.6 is 11.3 Å². The second-order valence-corrected chi connectivity index (χ2v) is 7.61. The van der Waals surface area contributed by atoms with Crippen LogP contribution in [0.3, 0.4) is 0 Å². The van der Waals surface area contributed by atoms with Crippen LogP contribution in [0.15, 0.2) is 30.3 Å². The Balaban J connectivity index is 1.73. The summed E-state index contributed by atoms with van der Waals surface area (Å²) in [5.41, 5.74) is 2.40. The van der Waals surface area contributed by atoms with Crippen LogP contribution in [0.1, 0.15) is 35.9 Å². The summed E-state index contributed by atoms with van der Waals surface area (Å²) in [4.78, 5) is 6.65. The summed E-state index contributed by atoms with van der Waals surface area (Å²) in [6.45, 7) is 13.7. The van der Waals surface area contributed by atoms with Crippen LogP contribution in [0, 0.1) is 6.92 Å². The number of hydrogen-bond donors (Lipinski definition) is 0. The van der Waals surface area contributed by atoms with E-state index in [1.165, 1.54) is 29.8 Å². The van der Waals surface area contributed by atoms with Gasteiger partial charge in [-0.05, 0) is 44.3 Å². The lowest BCUT2D eigenvalue weighted by molar-refractivity contribution is 0.167. The first-order valence-electron chi connectivity index (χ1n) is 8.85. The fourth-order valence-electron chi connectivity index (χ4n) is 3.63. The molecule has 1 saturated heterocycles. The van der Waals surface area contributed by atoms with Crippen molar-refractivity contribution in [3.8, 4) is 0 Å². The molecule has 0 spiro atoms. The number of likely N-dealkylation sites (tertiary alicyclic amines) is 1. The third-order valence-corrected chi connectivity index (χ3v) is 5.79. The van der Waals surface area contributed by atoms with Crippen molar-refractivity contribution in [1.82, 2.24) is 19.6 Å². The highest BCUT2D eigenvalue weighted by atomic mass is 32.1. The number of hydrogen-bond acceptors (Lipinski definition) is 4. The van der Waals surface area contributed by atoms with Gasteiger partial charge in [-0.15, -0.1) is 11.3 Å². The minimum absolute atomic E-state index is 0.685. The molecule has 0 saturated carbocycles. The molecule has 130 valence electrons. The molecule has 0 amide bonds. The summed E-state index contributed by atoms with van der Waals surface area (Å²) in [5, 5.41) is 6.68. The van der Waals surface area contributed by atoms with E-state index in [-0.39, 0.29) is 0 Å². The smallest absolute Gasteiger partial charge is 0.0642 e. The summed E-state index contributed by atoms with van der Waals surface area (Å²) < 4.78 is 1.82. The van der Waals surface area contributed by atoms with Crippen molar-refractivity contribution in [2.75, 3.05) is 19.6 Å². The van der Waals surface area contributed by atoms with Gasteiger partial charge in [0.25, 0.3) is 0 Å². The molecule has 2 aromatic heterocycles. The van der Waals surface area contributed by atoms with Gasteiger partial charge in [-0.2, -0.15) is 5.10 Å². The van der Waals surface area contributed by atoms with Gasteiger partial charge in [-0.1, -0.05) is 19.6 Å². The zero-order chi connectivity index (χ0) is 16.9. The molecule has 3 rings (SSSR count). The number of nitrogens with zero attached hydrogens (tertiary/aromatic N) is 4. The van der Waals surface area contributed by atoms with Crippen molar-refractivity contribution < 1.29 is 0 Å². The molecule has 1 fully saturated rings. The normalized spacial score (nSPS) is 18.5. The molecule has 2 aromatic rings. The maximum Gasteiger partial charge on any atom is 0.0642 e. The van der Waals surface area contributed by atoms with Crippen LogP contribution in [0.5, 0.6) is 0 Å². The number of aromatic nitrogens is 2. The predicted octanol–water partition coefficient (Wildman–Crippen LogP) is 3.84. The van der Waals surface area contributed by atoms with Gasteiger partial charge in [0.2, 0.25) is 0 Å². The molecule has 3 heterocycles. The molecule has 0 bridgehead atoms. The highest BCUT2D eigenvalue weighted by Crippen LogP contribution is 2.22. The maximum atomic E-state index is 4.51. The quantitative estimate of drug-likeness (QED) is 0.727. The summed E-state index contributed by atoms with van der Waals surface area (Å²) >= 11 is 1.85. The van der Waals surface area contributed by atoms with E-state index in [2.05, 4.69) is 59.0 Å². The molecule has 24 heavy (non-hydrogen) atoms. The predicted molar refractivity (Wildman–Crippen MR) is 102 cm³/mol. The van der Waals surface area contributed by atoms with Crippen molar-refractivity contribution >= 4 is 17.5 Å². The Hall–Kier alpha value is -1.43. The van der Waals surface area contributed by atoms with E-state index in [4.69, 9.17) is 0 Å². The molecular formula is C19H28N4S. The van der Waals surface area contributed by atoms with Gasteiger partial charge in [0.15, 0.2) is 0 Å². The van der Waals surface area contributed by atoms with Crippen LogP contribution in [0.2, 0.25) is 0 Å². The topological polar surface area (TPSA) is 24.3 Å². The average molecular weight is 345 g/mol. The van der Waals surface area contributed by atoms with Gasteiger partial charge < -0.3 is 0 Å². The molecule has 4 nitrogen and oxygen atoms in total. The van der Waals surface area contributed by atoms with E-state index in [1.54, 1.807) is 6.20 Å². The second-order valence-electron chi connectivity index (χ2n) is 6.58. The van der Waals surface area contributed by atoms with Crippen molar-refractivity contribution in [3.63, 3.8) is 0 Å². The zero-order valence-electron chi connectivity index (χ0n) is 14.8. The van der Waals surface area contributed by atoms with Gasteiger partial charge in [0, 0.05) is 48.5 Å². The average Bonchev–Trinajstić information content (AvgIpc) is 3.30. The maximum absolute atomic E-state index is 4.51. The standard InChI is InChI=1S/C19H28N4S/c1-4-22-10-6-8-18(22)14-21(15-19-9-7-11-24-19)12-17-13-23(5-2)20-16(17)3/h5,7,9,11,13,18H,2,4,6,8,10,12,14-15H2,1,3H3/t18-/m1/s1. The first kappa shape index (κ1) is 17.4. The molecular weight excluding hydrogens is 316 g/mol. The van der Waals surface area contributed by atoms with Crippen molar-refractivity contribution in [2.45, 2.75) is 45.8 Å². The lowest BCUT2D eigenvalue weighted by Crippen LogP contribution is -2.39. The van der Waals surface area contributed by atoms with Gasteiger partial charge in [-0.25, -0.2) is 4.68 Å². The Bertz CT molecular complexity index is 646. The molecule has 0 radical (unpaired) electrons. The highest BCUT2D eigenvalue weighted by molar-refractivity contribution is 7.09. The van der Waals surface area contributed by atoms with Crippen LogP contribution < -0.4 is 0 Å². The Morgan fingerprint density at radius 3 is 3.00 bits per heavy atom. The molecule has 0 aliphatic carbocycles. The van der Waals surface area contributed by atoms with Crippen LogP contribution in [0.4, 0.5) is 0 Å². The van der Waals surface area contributed by atoms with Gasteiger partial charge >= 0.3 is 0 Å². The Kier molecular flexibility index (Phi) is 5.87. The monoisotopic (exact) mass is 344 g/mol. The zero-order valence-corrected chi connectivity index (χ0v) is 15.6. The molecule has 1 aliphatic heterocycles. The van der Waals surface area contributed by atoms with E-state index < -0.39 is 0 Å². The molecule has 1 atom stereocenters. The van der Waals surface area contributed by atoms with E-state index in [1.807, 2.05) is 16.0 Å². The minimum atomic E-state index is 0.685. The SMILES string of the molecule is C=Cn1cc(CN(Cc2cccs2)C[C@H]2CCCN2CC)c(C)n1. The third kappa shape index (κ3) is 4.15. The van der Waals surface area contributed by atoms with Gasteiger partial charge in [0.05, 0.1) is 5.69 Å². The summed E-state index contributed by atoms with van der Waals surface area (Å²) in [6, 6.07) is 5.07. The van der Waals surface area contributed by atoms with E-state index in [0.717, 1.165) is 31.9 Å². The van der Waals surface area contributed by atoms with Crippen molar-refractivity contribution in [2.24, 2.45) is 0 Å². The molecule has 0 aromatic carbocycles. The molecule has 0 unspecified atom stereocenters. The fourth-order valence-corrected chi connectivity index (χ4v) is 4.38. The minimum Gasteiger partial charge on any atom is -0.299 e. The lowest BCUT2D eigenvalue weighted by atomic mass is 10.1. The number of rotatable bonds is 8. The van der Waals surface area contributed by atoms with Crippen LogP contribution in [-0.4, -0.2) is 45.3 Å². The molecule has 0 N–H and O–H groups in total. The first-order valence-corrected chi connectivity index (χ1v) is 9.73. The summed E-state index contributed by atoms with van der Waals surface area (Å²) in [5.74, 6) is 0. The molecule has 5 heteroatoms. The van der Waals surface area contributed by atoms with Crippen molar-refractivity contribution in [3.05, 3.63) is 46.4 Å². The molecule has 1 aliphatic rings. The van der Waals surface area contributed by atoms with E-state index in [0.29, 0.717) is 6.04 Å². The second kappa shape index (κ2) is 8.10. The third-order valence-electron chi connectivity index (χ3n) is 4.93. The summed E-state index contributed by atoms with van der Waals surface area (Å²) in [7, 11) is 0. The Morgan fingerprint density at radius 1 is 1.46 bits per heavy atom. The summed E-state index contributed by atoms with van der Waals surface area (Å²) in [6.07, 6.45) is 6.52. The lowest BCUT2D eigenvalue weighted by Gasteiger charge is -2.30. The van der Waals surface area contributed by atoms with Crippen molar-refractivity contribution in [1.29, 1.82) is 0 Å². The van der Waals surface area contributed by atoms with E-state index >= 15 is 0 Å². The number of thiophene rings is 1. The number of likely N-dealkylation sites (N-methyl/N-ethyl adjacent to an activating group) is 1. The number of aryl methyl sites for hydroxylation is 1. The highest BCUT2D eigenvalue weighted by Gasteiger charge is 2.25. The van der Waals surface area contributed by atoms with E-state index in [9.17, 15) is 0 Å². The fraction of sp³-hybridized carbons (Fsp3) is 0.526. The Labute approximate surface area is 149 Å². The first-order chi connectivity index (χ1) is 11.7. The Morgan fingerprint density at radius 2 is 2.33 bits per heavy atom. The van der Waals surface area contributed by atoms with Crippen LogP contribution in [-0.2, 0) is 13.1 Å². The van der Waals surface area contributed by atoms with Gasteiger partial charge in [-0.3, -0.25) is 9.80 Å². The van der Waals surface area contributed by atoms with Crippen LogP contribution in [0.25, 0.3) is 6.20 Å². The largest absolute Gasteiger partial charge is 0.299 e.